The van der Waals surface area contributed by atoms with E-state index in [0.29, 0.717) is 17.9 Å². The molecule has 0 unspecified atom stereocenters. The predicted molar refractivity (Wildman–Crippen MR) is 103 cm³/mol. The Hall–Kier alpha value is -1.88. The fourth-order valence-electron chi connectivity index (χ4n) is 4.37. The maximum absolute atomic E-state index is 12.2. The second-order valence-corrected chi connectivity index (χ2v) is 9.30. The predicted octanol–water partition coefficient (Wildman–Crippen LogP) is 2.35. The van der Waals surface area contributed by atoms with Gasteiger partial charge in [0.25, 0.3) is 5.91 Å². The minimum absolute atomic E-state index is 0.0173. The van der Waals surface area contributed by atoms with Gasteiger partial charge < -0.3 is 10.6 Å². The molecule has 2 aliphatic rings. The highest BCUT2D eigenvalue weighted by molar-refractivity contribution is 5.94. The zero-order chi connectivity index (χ0) is 18.9. The third-order valence-electron chi connectivity index (χ3n) is 5.27. The van der Waals surface area contributed by atoms with Crippen LogP contribution in [-0.2, 0) is 4.79 Å². The van der Waals surface area contributed by atoms with E-state index in [1.807, 2.05) is 52.0 Å². The first-order valence-electron chi connectivity index (χ1n) is 9.52. The topological polar surface area (TPSA) is 61.4 Å². The third-order valence-corrected chi connectivity index (χ3v) is 5.27. The van der Waals surface area contributed by atoms with Gasteiger partial charge in [-0.3, -0.25) is 14.5 Å². The van der Waals surface area contributed by atoms with Gasteiger partial charge in [-0.25, -0.2) is 0 Å². The normalized spacial score (nSPS) is 19.5. The molecule has 1 saturated carbocycles. The highest BCUT2D eigenvalue weighted by atomic mass is 16.2. The second kappa shape index (κ2) is 7.03. The minimum atomic E-state index is -0.170. The van der Waals surface area contributed by atoms with E-state index in [-0.39, 0.29) is 17.4 Å². The molecular weight excluding hydrogens is 326 g/mol. The maximum atomic E-state index is 12.2. The van der Waals surface area contributed by atoms with Crippen LogP contribution in [0.3, 0.4) is 0 Å². The Labute approximate surface area is 156 Å². The summed E-state index contributed by atoms with van der Waals surface area (Å²) in [7, 11) is 0. The molecule has 1 aliphatic heterocycles. The Bertz CT molecular complexity index is 679. The molecule has 1 spiro atoms. The number of benzene rings is 1. The van der Waals surface area contributed by atoms with Crippen LogP contribution < -0.4 is 10.6 Å². The molecule has 1 aromatic carbocycles. The van der Waals surface area contributed by atoms with Crippen molar-refractivity contribution in [2.24, 2.45) is 11.3 Å². The molecule has 0 radical (unpaired) electrons. The summed E-state index contributed by atoms with van der Waals surface area (Å²) in [4.78, 5) is 26.4. The molecule has 1 saturated heterocycles. The molecule has 5 heteroatoms. The Kier molecular flexibility index (Phi) is 5.11. The average molecular weight is 357 g/mol. The largest absolute Gasteiger partial charge is 0.352 e. The van der Waals surface area contributed by atoms with E-state index in [4.69, 9.17) is 0 Å². The Morgan fingerprint density at radius 1 is 1.23 bits per heavy atom. The Balaban J connectivity index is 1.34. The van der Waals surface area contributed by atoms with E-state index in [2.05, 4.69) is 15.5 Å². The molecule has 3 rings (SSSR count). The number of likely N-dealkylation sites (tertiary alicyclic amines) is 1. The number of carbonyl (C=O) groups is 2. The van der Waals surface area contributed by atoms with Crippen LogP contribution in [0.25, 0.3) is 0 Å². The van der Waals surface area contributed by atoms with Crippen LogP contribution in [0.5, 0.6) is 0 Å². The van der Waals surface area contributed by atoms with Crippen molar-refractivity contribution in [3.8, 4) is 0 Å². The lowest BCUT2D eigenvalue weighted by molar-refractivity contribution is -0.133. The van der Waals surface area contributed by atoms with E-state index in [0.717, 1.165) is 43.6 Å². The molecule has 26 heavy (non-hydrogen) atoms. The van der Waals surface area contributed by atoms with Crippen molar-refractivity contribution in [1.29, 1.82) is 0 Å². The van der Waals surface area contributed by atoms with E-state index in [1.54, 1.807) is 0 Å². The zero-order valence-corrected chi connectivity index (χ0v) is 16.4. The summed E-state index contributed by atoms with van der Waals surface area (Å²) in [6, 6.07) is 7.69. The van der Waals surface area contributed by atoms with Gasteiger partial charge in [0.1, 0.15) is 0 Å². The van der Waals surface area contributed by atoms with Gasteiger partial charge in [0.2, 0.25) is 5.91 Å². The van der Waals surface area contributed by atoms with E-state index < -0.39 is 0 Å². The highest BCUT2D eigenvalue weighted by Crippen LogP contribution is 2.51. The van der Waals surface area contributed by atoms with Crippen LogP contribution in [0.4, 0.5) is 0 Å². The first-order chi connectivity index (χ1) is 12.1. The van der Waals surface area contributed by atoms with Gasteiger partial charge in [-0.05, 0) is 64.0 Å². The molecule has 0 bridgehead atoms. The van der Waals surface area contributed by atoms with Crippen LogP contribution in [0.15, 0.2) is 24.3 Å². The molecule has 142 valence electrons. The fraction of sp³-hybridized carbons (Fsp3) is 0.619. The summed E-state index contributed by atoms with van der Waals surface area (Å²) in [6.07, 6.45) is 2.30. The lowest BCUT2D eigenvalue weighted by Gasteiger charge is -2.59. The first-order valence-corrected chi connectivity index (χ1v) is 9.52. The number of aryl methyl sites for hydroxylation is 1. The SMILES string of the molecule is Cc1cccc(C(=O)NCC2CC3(C2)CN(CC(=O)NC(C)(C)C)C3)c1. The van der Waals surface area contributed by atoms with Crippen molar-refractivity contribution in [3.05, 3.63) is 35.4 Å². The van der Waals surface area contributed by atoms with E-state index >= 15 is 0 Å². The van der Waals surface area contributed by atoms with Crippen molar-refractivity contribution in [1.82, 2.24) is 15.5 Å². The summed E-state index contributed by atoms with van der Waals surface area (Å²) in [5.41, 5.74) is 2.06. The lowest BCUT2D eigenvalue weighted by atomic mass is 9.57. The number of amides is 2. The maximum Gasteiger partial charge on any atom is 0.251 e. The number of hydrogen-bond donors (Lipinski definition) is 2. The zero-order valence-electron chi connectivity index (χ0n) is 16.4. The van der Waals surface area contributed by atoms with Crippen LogP contribution in [-0.4, -0.2) is 48.4 Å². The number of rotatable bonds is 5. The molecule has 1 heterocycles. The summed E-state index contributed by atoms with van der Waals surface area (Å²) in [5.74, 6) is 0.687. The Morgan fingerprint density at radius 3 is 2.54 bits per heavy atom. The van der Waals surface area contributed by atoms with Gasteiger partial charge >= 0.3 is 0 Å². The molecule has 2 amide bonds. The molecule has 2 fully saturated rings. The van der Waals surface area contributed by atoms with Crippen LogP contribution in [0, 0.1) is 18.3 Å². The smallest absolute Gasteiger partial charge is 0.251 e. The standard InChI is InChI=1S/C21H31N3O2/c1-15-6-5-7-17(8-15)19(26)22-11-16-9-21(10-16)13-24(14-21)12-18(25)23-20(2,3)4/h5-8,16H,9-14H2,1-4H3,(H,22,26)(H,23,25). The van der Waals surface area contributed by atoms with Crippen LogP contribution in [0.1, 0.15) is 49.5 Å². The highest BCUT2D eigenvalue weighted by Gasteiger charge is 2.52. The van der Waals surface area contributed by atoms with Crippen molar-refractivity contribution in [3.63, 3.8) is 0 Å². The fourth-order valence-corrected chi connectivity index (χ4v) is 4.37. The van der Waals surface area contributed by atoms with Gasteiger partial charge in [-0.15, -0.1) is 0 Å². The molecule has 0 aromatic heterocycles. The number of hydrogen-bond acceptors (Lipinski definition) is 3. The quantitative estimate of drug-likeness (QED) is 0.850. The lowest BCUT2D eigenvalue weighted by Crippen LogP contribution is -2.64. The van der Waals surface area contributed by atoms with Crippen LogP contribution >= 0.6 is 0 Å². The molecule has 1 aliphatic carbocycles. The van der Waals surface area contributed by atoms with Crippen molar-refractivity contribution in [2.75, 3.05) is 26.2 Å². The summed E-state index contributed by atoms with van der Waals surface area (Å²) < 4.78 is 0. The van der Waals surface area contributed by atoms with E-state index in [9.17, 15) is 9.59 Å². The van der Waals surface area contributed by atoms with Crippen molar-refractivity contribution >= 4 is 11.8 Å². The number of nitrogens with one attached hydrogen (secondary N) is 2. The Morgan fingerprint density at radius 2 is 1.92 bits per heavy atom. The van der Waals surface area contributed by atoms with Gasteiger partial charge in [-0.1, -0.05) is 17.7 Å². The molecule has 5 nitrogen and oxygen atoms in total. The summed E-state index contributed by atoms with van der Waals surface area (Å²) in [6.45, 7) is 11.3. The number of nitrogens with zero attached hydrogens (tertiary/aromatic N) is 1. The van der Waals surface area contributed by atoms with Crippen molar-refractivity contribution in [2.45, 2.75) is 46.1 Å². The van der Waals surface area contributed by atoms with Gasteiger partial charge in [0.05, 0.1) is 6.54 Å². The molecule has 0 atom stereocenters. The van der Waals surface area contributed by atoms with Gasteiger partial charge in [0.15, 0.2) is 0 Å². The molecule has 1 aromatic rings. The van der Waals surface area contributed by atoms with E-state index in [1.165, 1.54) is 0 Å². The average Bonchev–Trinajstić information content (AvgIpc) is 2.45. The summed E-state index contributed by atoms with van der Waals surface area (Å²) >= 11 is 0. The number of carbonyl (C=O) groups excluding carboxylic acids is 2. The van der Waals surface area contributed by atoms with Crippen molar-refractivity contribution < 1.29 is 9.59 Å². The third kappa shape index (κ3) is 4.64. The monoisotopic (exact) mass is 357 g/mol. The van der Waals surface area contributed by atoms with Crippen LogP contribution in [0.2, 0.25) is 0 Å². The summed E-state index contributed by atoms with van der Waals surface area (Å²) in [5, 5.41) is 6.08. The first kappa shape index (κ1) is 18.9. The molecule has 2 N–H and O–H groups in total. The van der Waals surface area contributed by atoms with Gasteiger partial charge in [-0.2, -0.15) is 0 Å². The molecular formula is C21H31N3O2. The van der Waals surface area contributed by atoms with Gasteiger partial charge in [0, 0.05) is 30.7 Å². The minimum Gasteiger partial charge on any atom is -0.352 e. The second-order valence-electron chi connectivity index (χ2n) is 9.30.